The van der Waals surface area contributed by atoms with Crippen LogP contribution in [0.15, 0.2) is 73.1 Å². The first-order valence-corrected chi connectivity index (χ1v) is 10.5. The highest BCUT2D eigenvalue weighted by molar-refractivity contribution is 5.87. The molecule has 0 spiro atoms. The van der Waals surface area contributed by atoms with Gasteiger partial charge in [0.2, 0.25) is 0 Å². The quantitative estimate of drug-likeness (QED) is 0.668. The minimum Gasteiger partial charge on any atom is -0.478 e. The molecule has 156 valence electrons. The van der Waals surface area contributed by atoms with E-state index in [-0.39, 0.29) is 0 Å². The van der Waals surface area contributed by atoms with Crippen LogP contribution in [0.4, 0.5) is 0 Å². The SMILES string of the molecule is C[C@@H]1CN(Cc2cccc(-n3cccc3)c2)C[C@H](C)N1Cc1ccc(C(=O)O)cc1. The summed E-state index contributed by atoms with van der Waals surface area (Å²) in [4.78, 5) is 16.1. The van der Waals surface area contributed by atoms with E-state index in [1.165, 1.54) is 11.3 Å². The Hall–Kier alpha value is -2.89. The standard InChI is InChI=1S/C25H29N3O2/c1-19-15-26(17-22-6-5-7-24(14-22)27-12-3-4-13-27)16-20(2)28(19)18-21-8-10-23(11-9-21)25(29)30/h3-14,19-20H,15-18H2,1-2H3,(H,29,30)/t19-,20+. The predicted molar refractivity (Wildman–Crippen MR) is 119 cm³/mol. The molecule has 3 aromatic rings. The largest absolute Gasteiger partial charge is 0.478 e. The lowest BCUT2D eigenvalue weighted by atomic mass is 10.0. The molecule has 0 aliphatic carbocycles. The summed E-state index contributed by atoms with van der Waals surface area (Å²) in [5.74, 6) is -0.877. The average molecular weight is 404 g/mol. The van der Waals surface area contributed by atoms with Crippen molar-refractivity contribution in [1.82, 2.24) is 14.4 Å². The fourth-order valence-corrected chi connectivity index (χ4v) is 4.45. The molecule has 0 unspecified atom stereocenters. The molecule has 0 radical (unpaired) electrons. The summed E-state index contributed by atoms with van der Waals surface area (Å²) in [5.41, 5.74) is 4.03. The molecule has 0 bridgehead atoms. The van der Waals surface area contributed by atoms with E-state index >= 15 is 0 Å². The first kappa shape index (κ1) is 20.4. The van der Waals surface area contributed by atoms with Gasteiger partial charge in [-0.15, -0.1) is 0 Å². The van der Waals surface area contributed by atoms with Crippen molar-refractivity contribution < 1.29 is 9.90 Å². The van der Waals surface area contributed by atoms with Crippen LogP contribution in [0.1, 0.15) is 35.3 Å². The van der Waals surface area contributed by atoms with Crippen LogP contribution < -0.4 is 0 Å². The summed E-state index contributed by atoms with van der Waals surface area (Å²) in [6, 6.07) is 21.0. The van der Waals surface area contributed by atoms with E-state index in [2.05, 4.69) is 64.9 Å². The second kappa shape index (κ2) is 8.86. The topological polar surface area (TPSA) is 48.7 Å². The lowest BCUT2D eigenvalue weighted by molar-refractivity contribution is 0.0290. The molecule has 1 aliphatic heterocycles. The molecule has 1 aromatic heterocycles. The van der Waals surface area contributed by atoms with Gasteiger partial charge < -0.3 is 9.67 Å². The Morgan fingerprint density at radius 1 is 0.900 bits per heavy atom. The van der Waals surface area contributed by atoms with Gasteiger partial charge in [-0.1, -0.05) is 24.3 Å². The van der Waals surface area contributed by atoms with Crippen molar-refractivity contribution in [1.29, 1.82) is 0 Å². The Morgan fingerprint density at radius 2 is 1.57 bits per heavy atom. The molecular weight excluding hydrogens is 374 g/mol. The number of benzene rings is 2. The van der Waals surface area contributed by atoms with Crippen LogP contribution >= 0.6 is 0 Å². The summed E-state index contributed by atoms with van der Waals surface area (Å²) >= 11 is 0. The van der Waals surface area contributed by atoms with Crippen LogP contribution in [-0.4, -0.2) is 50.6 Å². The number of aromatic carboxylic acids is 1. The van der Waals surface area contributed by atoms with E-state index in [4.69, 9.17) is 5.11 Å². The van der Waals surface area contributed by atoms with Gasteiger partial charge >= 0.3 is 5.97 Å². The third-order valence-electron chi connectivity index (χ3n) is 5.96. The second-order valence-electron chi connectivity index (χ2n) is 8.33. The molecule has 5 heteroatoms. The van der Waals surface area contributed by atoms with Gasteiger partial charge in [0, 0.05) is 56.3 Å². The number of aromatic nitrogens is 1. The highest BCUT2D eigenvalue weighted by atomic mass is 16.4. The maximum atomic E-state index is 11.1. The average Bonchev–Trinajstić information content (AvgIpc) is 3.26. The molecule has 4 rings (SSSR count). The first-order chi connectivity index (χ1) is 14.5. The Labute approximate surface area is 178 Å². The van der Waals surface area contributed by atoms with Gasteiger partial charge in [-0.05, 0) is 61.4 Å². The Kier molecular flexibility index (Phi) is 6.02. The molecule has 2 atom stereocenters. The second-order valence-corrected chi connectivity index (χ2v) is 8.33. The zero-order chi connectivity index (χ0) is 21.1. The van der Waals surface area contributed by atoms with E-state index in [0.29, 0.717) is 17.6 Å². The van der Waals surface area contributed by atoms with Crippen molar-refractivity contribution >= 4 is 5.97 Å². The number of carboxylic acid groups (broad SMARTS) is 1. The summed E-state index contributed by atoms with van der Waals surface area (Å²) in [6.45, 7) is 8.40. The van der Waals surface area contributed by atoms with Gasteiger partial charge in [-0.25, -0.2) is 4.79 Å². The van der Waals surface area contributed by atoms with E-state index in [1.807, 2.05) is 24.3 Å². The third kappa shape index (κ3) is 4.64. The van der Waals surface area contributed by atoms with Crippen molar-refractivity contribution in [2.24, 2.45) is 0 Å². The summed E-state index contributed by atoms with van der Waals surface area (Å²) in [7, 11) is 0. The molecule has 1 saturated heterocycles. The van der Waals surface area contributed by atoms with Gasteiger partial charge in [0.15, 0.2) is 0 Å². The minimum absolute atomic E-state index is 0.340. The van der Waals surface area contributed by atoms with E-state index in [9.17, 15) is 4.79 Å². The van der Waals surface area contributed by atoms with Crippen LogP contribution in [0.3, 0.4) is 0 Å². The number of hydrogen-bond donors (Lipinski definition) is 1. The Morgan fingerprint density at radius 3 is 2.20 bits per heavy atom. The van der Waals surface area contributed by atoms with Crippen LogP contribution in [-0.2, 0) is 13.1 Å². The van der Waals surface area contributed by atoms with Gasteiger partial charge in [-0.3, -0.25) is 9.80 Å². The number of carboxylic acids is 1. The van der Waals surface area contributed by atoms with Crippen LogP contribution in [0, 0.1) is 0 Å². The normalized spacial score (nSPS) is 20.3. The van der Waals surface area contributed by atoms with Gasteiger partial charge in [0.05, 0.1) is 5.56 Å². The number of rotatable bonds is 6. The van der Waals surface area contributed by atoms with Crippen molar-refractivity contribution in [3.8, 4) is 5.69 Å². The van der Waals surface area contributed by atoms with Crippen LogP contribution in [0.25, 0.3) is 5.69 Å². The van der Waals surface area contributed by atoms with E-state index in [1.54, 1.807) is 12.1 Å². The van der Waals surface area contributed by atoms with Crippen LogP contribution in [0.2, 0.25) is 0 Å². The molecular formula is C25H29N3O2. The molecule has 1 N–H and O–H groups in total. The van der Waals surface area contributed by atoms with Crippen LogP contribution in [0.5, 0.6) is 0 Å². The zero-order valence-corrected chi connectivity index (χ0v) is 17.6. The zero-order valence-electron chi connectivity index (χ0n) is 17.6. The maximum absolute atomic E-state index is 11.1. The minimum atomic E-state index is -0.877. The molecule has 1 fully saturated rings. The predicted octanol–water partition coefficient (Wildman–Crippen LogP) is 4.27. The summed E-state index contributed by atoms with van der Waals surface area (Å²) < 4.78 is 2.14. The molecule has 0 saturated carbocycles. The molecule has 30 heavy (non-hydrogen) atoms. The molecule has 2 heterocycles. The monoisotopic (exact) mass is 403 g/mol. The highest BCUT2D eigenvalue weighted by Gasteiger charge is 2.29. The molecule has 2 aromatic carbocycles. The number of nitrogens with zero attached hydrogens (tertiary/aromatic N) is 3. The number of carbonyl (C=O) groups is 1. The van der Waals surface area contributed by atoms with Gasteiger partial charge in [0.25, 0.3) is 0 Å². The first-order valence-electron chi connectivity index (χ1n) is 10.5. The number of piperazine rings is 1. The lowest BCUT2D eigenvalue weighted by Gasteiger charge is -2.44. The fraction of sp³-hybridized carbons (Fsp3) is 0.320. The lowest BCUT2D eigenvalue weighted by Crippen LogP contribution is -2.55. The molecule has 0 amide bonds. The van der Waals surface area contributed by atoms with Crippen molar-refractivity contribution in [3.63, 3.8) is 0 Å². The van der Waals surface area contributed by atoms with Crippen molar-refractivity contribution in [2.75, 3.05) is 13.1 Å². The van der Waals surface area contributed by atoms with E-state index < -0.39 is 5.97 Å². The fourth-order valence-electron chi connectivity index (χ4n) is 4.45. The summed E-state index contributed by atoms with van der Waals surface area (Å²) in [6.07, 6.45) is 4.15. The van der Waals surface area contributed by atoms with E-state index in [0.717, 1.165) is 31.7 Å². The van der Waals surface area contributed by atoms with Gasteiger partial charge in [0.1, 0.15) is 0 Å². The molecule has 5 nitrogen and oxygen atoms in total. The van der Waals surface area contributed by atoms with Crippen molar-refractivity contribution in [3.05, 3.63) is 89.7 Å². The highest BCUT2D eigenvalue weighted by Crippen LogP contribution is 2.22. The third-order valence-corrected chi connectivity index (χ3v) is 5.96. The summed E-state index contributed by atoms with van der Waals surface area (Å²) in [5, 5.41) is 9.09. The number of hydrogen-bond acceptors (Lipinski definition) is 3. The van der Waals surface area contributed by atoms with Crippen molar-refractivity contribution in [2.45, 2.75) is 39.0 Å². The molecule has 1 aliphatic rings. The maximum Gasteiger partial charge on any atom is 0.335 e. The Bertz CT molecular complexity index is 970. The smallest absolute Gasteiger partial charge is 0.335 e. The Balaban J connectivity index is 1.39. The van der Waals surface area contributed by atoms with Gasteiger partial charge in [-0.2, -0.15) is 0 Å².